The summed E-state index contributed by atoms with van der Waals surface area (Å²) >= 11 is 0. The molecule has 0 saturated heterocycles. The van der Waals surface area contributed by atoms with Crippen LogP contribution in [0.15, 0.2) is 47.1 Å². The number of fused-ring (bicyclic) bond motifs is 1. The average molecular weight is 226 g/mol. The molecule has 0 atom stereocenters. The molecule has 0 radical (unpaired) electrons. The number of aliphatic hydroxyl groups is 1. The van der Waals surface area contributed by atoms with Crippen LogP contribution in [-0.2, 0) is 6.61 Å². The first-order valence-electron chi connectivity index (χ1n) is 5.27. The van der Waals surface area contributed by atoms with Gasteiger partial charge < -0.3 is 9.52 Å². The molecule has 0 aliphatic rings. The molecule has 84 valence electrons. The number of benzene rings is 1. The zero-order valence-electron chi connectivity index (χ0n) is 9.00. The summed E-state index contributed by atoms with van der Waals surface area (Å²) < 4.78 is 5.63. The monoisotopic (exact) mass is 226 g/mol. The van der Waals surface area contributed by atoms with Crippen molar-refractivity contribution in [3.8, 4) is 11.5 Å². The van der Waals surface area contributed by atoms with Crippen molar-refractivity contribution < 1.29 is 9.52 Å². The highest BCUT2D eigenvalue weighted by molar-refractivity contribution is 5.76. The highest BCUT2D eigenvalue weighted by Crippen LogP contribution is 2.24. The van der Waals surface area contributed by atoms with Crippen LogP contribution in [-0.4, -0.2) is 15.1 Å². The third-order valence-electron chi connectivity index (χ3n) is 2.54. The van der Waals surface area contributed by atoms with Crippen molar-refractivity contribution in [2.75, 3.05) is 0 Å². The van der Waals surface area contributed by atoms with Crippen molar-refractivity contribution in [2.45, 2.75) is 6.61 Å². The van der Waals surface area contributed by atoms with Gasteiger partial charge in [0.2, 0.25) is 5.89 Å². The first-order chi connectivity index (χ1) is 8.36. The summed E-state index contributed by atoms with van der Waals surface area (Å²) in [5.74, 6) is 0.545. The first-order valence-corrected chi connectivity index (χ1v) is 5.27. The Bertz CT molecular complexity index is 647. The molecule has 0 saturated carbocycles. The average Bonchev–Trinajstić information content (AvgIpc) is 2.82. The minimum absolute atomic E-state index is 0.00113. The quantitative estimate of drug-likeness (QED) is 0.728. The molecule has 4 heteroatoms. The van der Waals surface area contributed by atoms with Crippen molar-refractivity contribution in [3.63, 3.8) is 0 Å². The third kappa shape index (κ3) is 1.79. The predicted octanol–water partition coefficient (Wildman–Crippen LogP) is 2.38. The summed E-state index contributed by atoms with van der Waals surface area (Å²) in [5.41, 5.74) is 3.11. The summed E-state index contributed by atoms with van der Waals surface area (Å²) in [6.07, 6.45) is 3.41. The van der Waals surface area contributed by atoms with Crippen molar-refractivity contribution >= 4 is 11.1 Å². The van der Waals surface area contributed by atoms with Gasteiger partial charge in [-0.15, -0.1) is 0 Å². The number of oxazole rings is 1. The molecule has 0 aliphatic carbocycles. The largest absolute Gasteiger partial charge is 0.436 e. The first kappa shape index (κ1) is 9.99. The van der Waals surface area contributed by atoms with Crippen LogP contribution in [0.4, 0.5) is 0 Å². The number of aliphatic hydroxyl groups excluding tert-OH is 1. The molecule has 0 unspecified atom stereocenters. The molecular formula is C13H10N2O2. The highest BCUT2D eigenvalue weighted by atomic mass is 16.3. The lowest BCUT2D eigenvalue weighted by molar-refractivity contribution is 0.282. The van der Waals surface area contributed by atoms with E-state index < -0.39 is 0 Å². The minimum Gasteiger partial charge on any atom is -0.436 e. The summed E-state index contributed by atoms with van der Waals surface area (Å²) in [6, 6.07) is 9.19. The number of hydrogen-bond donors (Lipinski definition) is 1. The Morgan fingerprint density at radius 3 is 2.94 bits per heavy atom. The van der Waals surface area contributed by atoms with Gasteiger partial charge in [-0.2, -0.15) is 0 Å². The molecule has 3 rings (SSSR count). The molecule has 1 aromatic carbocycles. The van der Waals surface area contributed by atoms with E-state index >= 15 is 0 Å². The maximum absolute atomic E-state index is 9.05. The standard InChI is InChI=1S/C13H10N2O2/c16-8-9-3-4-11-12(6-9)17-13(15-11)10-2-1-5-14-7-10/h1-7,16H,8H2. The lowest BCUT2D eigenvalue weighted by Gasteiger charge is -1.92. The summed E-state index contributed by atoms with van der Waals surface area (Å²) in [7, 11) is 0. The Morgan fingerprint density at radius 1 is 1.24 bits per heavy atom. The second kappa shape index (κ2) is 3.99. The lowest BCUT2D eigenvalue weighted by Crippen LogP contribution is -1.80. The zero-order valence-corrected chi connectivity index (χ0v) is 9.00. The molecule has 0 bridgehead atoms. The number of pyridine rings is 1. The normalized spacial score (nSPS) is 10.9. The van der Waals surface area contributed by atoms with E-state index in [4.69, 9.17) is 9.52 Å². The van der Waals surface area contributed by atoms with Gasteiger partial charge in [0.1, 0.15) is 5.52 Å². The fraction of sp³-hybridized carbons (Fsp3) is 0.0769. The van der Waals surface area contributed by atoms with Crippen molar-refractivity contribution in [3.05, 3.63) is 48.3 Å². The highest BCUT2D eigenvalue weighted by Gasteiger charge is 2.08. The molecular weight excluding hydrogens is 216 g/mol. The van der Waals surface area contributed by atoms with E-state index in [1.807, 2.05) is 24.3 Å². The van der Waals surface area contributed by atoms with E-state index in [2.05, 4.69) is 9.97 Å². The number of rotatable bonds is 2. The maximum Gasteiger partial charge on any atom is 0.228 e. The van der Waals surface area contributed by atoms with Gasteiger partial charge in [0.05, 0.1) is 12.2 Å². The van der Waals surface area contributed by atoms with Crippen molar-refractivity contribution in [1.82, 2.24) is 9.97 Å². The molecule has 2 heterocycles. The molecule has 0 spiro atoms. The third-order valence-corrected chi connectivity index (χ3v) is 2.54. The number of nitrogens with zero attached hydrogens (tertiary/aromatic N) is 2. The van der Waals surface area contributed by atoms with Crippen molar-refractivity contribution in [2.24, 2.45) is 0 Å². The van der Waals surface area contributed by atoms with E-state index in [0.717, 1.165) is 16.6 Å². The molecule has 0 aliphatic heterocycles. The molecule has 0 fully saturated rings. The molecule has 2 aromatic heterocycles. The van der Waals surface area contributed by atoms with Crippen LogP contribution in [0, 0.1) is 0 Å². The molecule has 3 aromatic rings. The predicted molar refractivity (Wildman–Crippen MR) is 63.2 cm³/mol. The van der Waals surface area contributed by atoms with Gasteiger partial charge >= 0.3 is 0 Å². The Balaban J connectivity index is 2.14. The lowest BCUT2D eigenvalue weighted by atomic mass is 10.2. The summed E-state index contributed by atoms with van der Waals surface area (Å²) in [6.45, 7) is -0.00113. The van der Waals surface area contributed by atoms with E-state index in [9.17, 15) is 0 Å². The van der Waals surface area contributed by atoms with Gasteiger partial charge in [-0.1, -0.05) is 6.07 Å². The second-order valence-electron chi connectivity index (χ2n) is 3.72. The molecule has 4 nitrogen and oxygen atoms in total. The van der Waals surface area contributed by atoms with Crippen LogP contribution in [0.25, 0.3) is 22.6 Å². The van der Waals surface area contributed by atoms with E-state index in [0.29, 0.717) is 11.5 Å². The minimum atomic E-state index is -0.00113. The van der Waals surface area contributed by atoms with Gasteiger partial charge in [0, 0.05) is 12.4 Å². The molecule has 0 amide bonds. The van der Waals surface area contributed by atoms with Crippen LogP contribution >= 0.6 is 0 Å². The smallest absolute Gasteiger partial charge is 0.228 e. The number of hydrogen-bond acceptors (Lipinski definition) is 4. The van der Waals surface area contributed by atoms with Gasteiger partial charge in [0.15, 0.2) is 5.58 Å². The topological polar surface area (TPSA) is 59.2 Å². The van der Waals surface area contributed by atoms with Gasteiger partial charge in [-0.3, -0.25) is 4.98 Å². The molecule has 17 heavy (non-hydrogen) atoms. The SMILES string of the molecule is OCc1ccc2nc(-c3cccnc3)oc2c1. The van der Waals surface area contributed by atoms with Crippen LogP contribution in [0.3, 0.4) is 0 Å². The Kier molecular flexibility index (Phi) is 2.34. The second-order valence-corrected chi connectivity index (χ2v) is 3.72. The summed E-state index contributed by atoms with van der Waals surface area (Å²) in [4.78, 5) is 8.40. The Hall–Kier alpha value is -2.20. The Labute approximate surface area is 97.6 Å². The van der Waals surface area contributed by atoms with E-state index in [1.165, 1.54) is 0 Å². The van der Waals surface area contributed by atoms with E-state index in [-0.39, 0.29) is 6.61 Å². The number of aromatic nitrogens is 2. The van der Waals surface area contributed by atoms with Crippen molar-refractivity contribution in [1.29, 1.82) is 0 Å². The Morgan fingerprint density at radius 2 is 2.18 bits per heavy atom. The molecule has 1 N–H and O–H groups in total. The maximum atomic E-state index is 9.05. The zero-order chi connectivity index (χ0) is 11.7. The van der Waals surface area contributed by atoms with E-state index in [1.54, 1.807) is 18.5 Å². The summed E-state index contributed by atoms with van der Waals surface area (Å²) in [5, 5.41) is 9.05. The van der Waals surface area contributed by atoms with Crippen LogP contribution in [0.2, 0.25) is 0 Å². The van der Waals surface area contributed by atoms with Crippen LogP contribution < -0.4 is 0 Å². The van der Waals surface area contributed by atoms with Crippen LogP contribution in [0.1, 0.15) is 5.56 Å². The fourth-order valence-electron chi connectivity index (χ4n) is 1.68. The van der Waals surface area contributed by atoms with Gasteiger partial charge in [-0.25, -0.2) is 4.98 Å². The van der Waals surface area contributed by atoms with Crippen LogP contribution in [0.5, 0.6) is 0 Å². The van der Waals surface area contributed by atoms with Gasteiger partial charge in [-0.05, 0) is 29.8 Å². The fourth-order valence-corrected chi connectivity index (χ4v) is 1.68. The van der Waals surface area contributed by atoms with Gasteiger partial charge in [0.25, 0.3) is 0 Å².